The summed E-state index contributed by atoms with van der Waals surface area (Å²) in [6, 6.07) is 14.9. The number of ketones is 1. The molecule has 1 aliphatic carbocycles. The number of methoxy groups -OCH3 is 1. The van der Waals surface area contributed by atoms with Crippen LogP contribution in [0, 0.1) is 0 Å². The summed E-state index contributed by atoms with van der Waals surface area (Å²) < 4.78 is 7.28. The summed E-state index contributed by atoms with van der Waals surface area (Å²) >= 11 is 7.80. The molecular weight excluding hydrogens is 472 g/mol. The summed E-state index contributed by atoms with van der Waals surface area (Å²) in [4.78, 5) is 28.2. The first-order valence-electron chi connectivity index (χ1n) is 11.1. The van der Waals surface area contributed by atoms with Crippen LogP contribution < -0.4 is 4.74 Å². The average molecular weight is 499 g/mol. The second-order valence-electron chi connectivity index (χ2n) is 8.28. The minimum absolute atomic E-state index is 0.0322. The van der Waals surface area contributed by atoms with Gasteiger partial charge in [-0.3, -0.25) is 9.59 Å². The van der Waals surface area contributed by atoms with Crippen LogP contribution in [0.4, 0.5) is 0 Å². The van der Waals surface area contributed by atoms with Gasteiger partial charge in [0.25, 0.3) is 0 Å². The Hall–Kier alpha value is -2.84. The van der Waals surface area contributed by atoms with Crippen LogP contribution in [0.1, 0.15) is 31.2 Å². The normalized spacial score (nSPS) is 18.1. The number of para-hydroxylation sites is 1. The van der Waals surface area contributed by atoms with Gasteiger partial charge in [0.05, 0.1) is 18.4 Å². The van der Waals surface area contributed by atoms with E-state index in [1.807, 2.05) is 54.1 Å². The van der Waals surface area contributed by atoms with Crippen molar-refractivity contribution in [2.75, 3.05) is 19.9 Å². The standard InChI is InChI=1S/C25H27ClN4O3S/c1-29-23(17-10-4-7-13-20(17)33-3)27-28-24(29)34-16-22(32)30(2)25(15-9-8-14-21(25)31)18-11-5-6-12-19(18)26/h4-7,10-13H,8-9,14-16H2,1-3H3/t25-/m0/s1. The van der Waals surface area contributed by atoms with Crippen LogP contribution in [0.5, 0.6) is 5.75 Å². The predicted molar refractivity (Wildman–Crippen MR) is 133 cm³/mol. The van der Waals surface area contributed by atoms with E-state index in [9.17, 15) is 9.59 Å². The lowest BCUT2D eigenvalue weighted by molar-refractivity contribution is -0.146. The zero-order valence-electron chi connectivity index (χ0n) is 19.5. The molecule has 0 radical (unpaired) electrons. The van der Waals surface area contributed by atoms with Gasteiger partial charge in [0.1, 0.15) is 11.3 Å². The first-order valence-corrected chi connectivity index (χ1v) is 12.5. The predicted octanol–water partition coefficient (Wildman–Crippen LogP) is 4.73. The van der Waals surface area contributed by atoms with Gasteiger partial charge < -0.3 is 14.2 Å². The first kappa shape index (κ1) is 24.3. The molecule has 0 spiro atoms. The highest BCUT2D eigenvalue weighted by atomic mass is 35.5. The molecule has 7 nitrogen and oxygen atoms in total. The van der Waals surface area contributed by atoms with Crippen LogP contribution >= 0.6 is 23.4 Å². The molecule has 0 saturated heterocycles. The number of halogens is 1. The molecule has 0 unspecified atom stereocenters. The van der Waals surface area contributed by atoms with E-state index in [2.05, 4.69) is 10.2 Å². The third kappa shape index (κ3) is 4.32. The van der Waals surface area contributed by atoms with E-state index < -0.39 is 5.54 Å². The number of rotatable bonds is 7. The maximum Gasteiger partial charge on any atom is 0.233 e. The van der Waals surface area contributed by atoms with Crippen LogP contribution in [0.15, 0.2) is 53.7 Å². The van der Waals surface area contributed by atoms with Crippen molar-refractivity contribution in [3.8, 4) is 17.1 Å². The van der Waals surface area contributed by atoms with Gasteiger partial charge in [-0.05, 0) is 37.5 Å². The van der Waals surface area contributed by atoms with Crippen LogP contribution in [0.3, 0.4) is 0 Å². The maximum absolute atomic E-state index is 13.4. The van der Waals surface area contributed by atoms with Gasteiger partial charge in [0.15, 0.2) is 16.8 Å². The topological polar surface area (TPSA) is 77.3 Å². The molecule has 1 aromatic heterocycles. The lowest BCUT2D eigenvalue weighted by Gasteiger charge is -2.44. The monoisotopic (exact) mass is 498 g/mol. The van der Waals surface area contributed by atoms with Crippen molar-refractivity contribution >= 4 is 35.1 Å². The number of hydrogen-bond acceptors (Lipinski definition) is 6. The molecule has 1 saturated carbocycles. The summed E-state index contributed by atoms with van der Waals surface area (Å²) in [5.74, 6) is 1.33. The molecular formula is C25H27ClN4O3S. The number of nitrogens with zero attached hydrogens (tertiary/aromatic N) is 4. The second kappa shape index (κ2) is 10.2. The third-order valence-corrected chi connectivity index (χ3v) is 7.76. The Bertz CT molecular complexity index is 1210. The smallest absolute Gasteiger partial charge is 0.233 e. The van der Waals surface area contributed by atoms with Gasteiger partial charge in [-0.2, -0.15) is 0 Å². The fraction of sp³-hybridized carbons (Fsp3) is 0.360. The molecule has 178 valence electrons. The van der Waals surface area contributed by atoms with E-state index in [0.29, 0.717) is 40.2 Å². The van der Waals surface area contributed by atoms with E-state index in [-0.39, 0.29) is 17.4 Å². The van der Waals surface area contributed by atoms with E-state index in [1.54, 1.807) is 25.1 Å². The van der Waals surface area contributed by atoms with Crippen molar-refractivity contribution in [1.29, 1.82) is 0 Å². The molecule has 1 heterocycles. The van der Waals surface area contributed by atoms with Gasteiger partial charge in [0.2, 0.25) is 5.91 Å². The number of likely N-dealkylation sites (N-methyl/N-ethyl adjacent to an activating group) is 1. The van der Waals surface area contributed by atoms with Crippen molar-refractivity contribution in [3.63, 3.8) is 0 Å². The molecule has 1 amide bonds. The van der Waals surface area contributed by atoms with Crippen molar-refractivity contribution in [2.45, 2.75) is 36.4 Å². The highest BCUT2D eigenvalue weighted by Crippen LogP contribution is 2.42. The van der Waals surface area contributed by atoms with Crippen molar-refractivity contribution < 1.29 is 14.3 Å². The van der Waals surface area contributed by atoms with Crippen molar-refractivity contribution in [2.24, 2.45) is 7.05 Å². The SMILES string of the molecule is COc1ccccc1-c1nnc(SCC(=O)N(C)[C@]2(c3ccccc3Cl)CCCCC2=O)n1C. The van der Waals surface area contributed by atoms with Crippen LogP contribution in [-0.2, 0) is 22.2 Å². The molecule has 3 aromatic rings. The second-order valence-corrected chi connectivity index (χ2v) is 9.63. The fourth-order valence-corrected chi connectivity index (χ4v) is 5.69. The Morgan fingerprint density at radius 3 is 2.65 bits per heavy atom. The Morgan fingerprint density at radius 2 is 1.91 bits per heavy atom. The van der Waals surface area contributed by atoms with Crippen molar-refractivity contribution in [1.82, 2.24) is 19.7 Å². The molecule has 2 aromatic carbocycles. The molecule has 0 bridgehead atoms. The molecule has 4 rings (SSSR count). The highest BCUT2D eigenvalue weighted by molar-refractivity contribution is 7.99. The van der Waals surface area contributed by atoms with E-state index in [1.165, 1.54) is 11.8 Å². The largest absolute Gasteiger partial charge is 0.496 e. The van der Waals surface area contributed by atoms with Crippen LogP contribution in [-0.4, -0.2) is 51.3 Å². The Morgan fingerprint density at radius 1 is 1.18 bits per heavy atom. The van der Waals surface area contributed by atoms with E-state index >= 15 is 0 Å². The zero-order chi connectivity index (χ0) is 24.3. The highest BCUT2D eigenvalue weighted by Gasteiger charge is 2.47. The van der Waals surface area contributed by atoms with Gasteiger partial charge in [-0.1, -0.05) is 53.7 Å². The van der Waals surface area contributed by atoms with Gasteiger partial charge in [-0.25, -0.2) is 0 Å². The number of carbonyl (C=O) groups excluding carboxylic acids is 2. The number of amides is 1. The molecule has 0 aliphatic heterocycles. The number of Topliss-reactive ketones (excluding diaryl/α,β-unsaturated/α-hetero) is 1. The number of ether oxygens (including phenoxy) is 1. The summed E-state index contributed by atoms with van der Waals surface area (Å²) in [5, 5.41) is 9.69. The number of hydrogen-bond donors (Lipinski definition) is 0. The molecule has 1 atom stereocenters. The van der Waals surface area contributed by atoms with Gasteiger partial charge in [-0.15, -0.1) is 10.2 Å². The van der Waals surface area contributed by atoms with Gasteiger partial charge in [0, 0.05) is 31.1 Å². The molecule has 34 heavy (non-hydrogen) atoms. The van der Waals surface area contributed by atoms with E-state index in [4.69, 9.17) is 16.3 Å². The summed E-state index contributed by atoms with van der Waals surface area (Å²) in [5.41, 5.74) is 0.469. The average Bonchev–Trinajstić information content (AvgIpc) is 3.22. The molecule has 1 aliphatic rings. The number of benzene rings is 2. The molecule has 1 fully saturated rings. The fourth-order valence-electron chi connectivity index (χ4n) is 4.57. The summed E-state index contributed by atoms with van der Waals surface area (Å²) in [7, 11) is 5.17. The first-order chi connectivity index (χ1) is 16.4. The van der Waals surface area contributed by atoms with Crippen LogP contribution in [0.25, 0.3) is 11.4 Å². The minimum Gasteiger partial charge on any atom is -0.496 e. The van der Waals surface area contributed by atoms with E-state index in [0.717, 1.165) is 18.4 Å². The molecule has 0 N–H and O–H groups in total. The van der Waals surface area contributed by atoms with Crippen LogP contribution in [0.2, 0.25) is 5.02 Å². The maximum atomic E-state index is 13.4. The Labute approximate surface area is 208 Å². The number of carbonyl (C=O) groups is 2. The number of aromatic nitrogens is 3. The summed E-state index contributed by atoms with van der Waals surface area (Å²) in [6.45, 7) is 0. The number of thioether (sulfide) groups is 1. The Kier molecular flexibility index (Phi) is 7.28. The quantitative estimate of drug-likeness (QED) is 0.438. The lowest BCUT2D eigenvalue weighted by atomic mass is 9.74. The zero-order valence-corrected chi connectivity index (χ0v) is 21.0. The third-order valence-electron chi connectivity index (χ3n) is 6.43. The van der Waals surface area contributed by atoms with Gasteiger partial charge >= 0.3 is 0 Å². The summed E-state index contributed by atoms with van der Waals surface area (Å²) in [6.07, 6.45) is 2.67. The lowest BCUT2D eigenvalue weighted by Crippen LogP contribution is -2.54. The van der Waals surface area contributed by atoms with Crippen molar-refractivity contribution in [3.05, 3.63) is 59.1 Å². The minimum atomic E-state index is -1.04. The molecule has 9 heteroatoms. The Balaban J connectivity index is 1.56.